The van der Waals surface area contributed by atoms with Gasteiger partial charge >= 0.3 is 0 Å². The first-order valence-corrected chi connectivity index (χ1v) is 11.4. The lowest BCUT2D eigenvalue weighted by molar-refractivity contribution is -0.385. The molecule has 11 heteroatoms. The van der Waals surface area contributed by atoms with Gasteiger partial charge in [-0.1, -0.05) is 36.0 Å². The fraction of sp³-hybridized carbons (Fsp3) is 0.316. The Balaban J connectivity index is 2.00. The predicted octanol–water partition coefficient (Wildman–Crippen LogP) is 4.16. The van der Waals surface area contributed by atoms with Crippen molar-refractivity contribution in [3.8, 4) is 0 Å². The quantitative estimate of drug-likeness (QED) is 0.481. The molecule has 0 aromatic heterocycles. The van der Waals surface area contributed by atoms with Crippen LogP contribution in [0.4, 0.5) is 11.4 Å². The zero-order valence-corrected chi connectivity index (χ0v) is 18.1. The number of amides is 1. The Labute approximate surface area is 184 Å². The van der Waals surface area contributed by atoms with E-state index in [0.29, 0.717) is 5.02 Å². The summed E-state index contributed by atoms with van der Waals surface area (Å²) in [6.45, 7) is -0.501. The maximum Gasteiger partial charge on any atom is 0.270 e. The van der Waals surface area contributed by atoms with Crippen molar-refractivity contribution in [3.05, 3.63) is 62.6 Å². The van der Waals surface area contributed by atoms with E-state index in [1.165, 1.54) is 24.3 Å². The van der Waals surface area contributed by atoms with Gasteiger partial charge in [-0.05, 0) is 43.2 Å². The number of hydrogen-bond donors (Lipinski definition) is 1. The van der Waals surface area contributed by atoms with Gasteiger partial charge in [0, 0.05) is 23.2 Å². The summed E-state index contributed by atoms with van der Waals surface area (Å²) in [6.07, 6.45) is 3.70. The van der Waals surface area contributed by atoms with Crippen LogP contribution >= 0.6 is 23.2 Å². The summed E-state index contributed by atoms with van der Waals surface area (Å²) in [5.74, 6) is -0.470. The van der Waals surface area contributed by atoms with Gasteiger partial charge in [-0.25, -0.2) is 8.42 Å². The number of benzene rings is 2. The van der Waals surface area contributed by atoms with Crippen LogP contribution in [0, 0.1) is 10.1 Å². The number of carbonyl (C=O) groups is 1. The molecule has 1 saturated carbocycles. The molecule has 2 aromatic rings. The molecule has 30 heavy (non-hydrogen) atoms. The molecule has 0 saturated heterocycles. The molecule has 0 heterocycles. The number of nitro benzene ring substituents is 1. The van der Waals surface area contributed by atoms with Crippen molar-refractivity contribution in [2.75, 3.05) is 10.8 Å². The zero-order chi connectivity index (χ0) is 21.9. The van der Waals surface area contributed by atoms with E-state index in [-0.39, 0.29) is 16.8 Å². The van der Waals surface area contributed by atoms with E-state index in [0.717, 1.165) is 48.2 Å². The number of hydrogen-bond acceptors (Lipinski definition) is 5. The molecule has 1 aliphatic rings. The van der Waals surface area contributed by atoms with Gasteiger partial charge in [0.2, 0.25) is 5.91 Å². The van der Waals surface area contributed by atoms with Crippen molar-refractivity contribution in [3.63, 3.8) is 0 Å². The molecule has 2 aromatic carbocycles. The van der Waals surface area contributed by atoms with E-state index in [4.69, 9.17) is 23.2 Å². The van der Waals surface area contributed by atoms with E-state index < -0.39 is 38.0 Å². The molecule has 0 aliphatic heterocycles. The van der Waals surface area contributed by atoms with E-state index in [1.807, 2.05) is 0 Å². The summed E-state index contributed by atoms with van der Waals surface area (Å²) in [6, 6.07) is 9.03. The molecule has 8 nitrogen and oxygen atoms in total. The third-order valence-electron chi connectivity index (χ3n) is 4.82. The summed E-state index contributed by atoms with van der Waals surface area (Å²) in [7, 11) is -4.39. The van der Waals surface area contributed by atoms with Crippen LogP contribution in [-0.4, -0.2) is 31.8 Å². The van der Waals surface area contributed by atoms with Crippen molar-refractivity contribution in [2.24, 2.45) is 0 Å². The number of halogens is 2. The fourth-order valence-corrected chi connectivity index (χ4v) is 5.36. The highest BCUT2D eigenvalue weighted by Gasteiger charge is 2.31. The van der Waals surface area contributed by atoms with Crippen LogP contribution in [0.15, 0.2) is 47.4 Å². The van der Waals surface area contributed by atoms with Crippen LogP contribution < -0.4 is 9.62 Å². The molecule has 0 spiro atoms. The zero-order valence-electron chi connectivity index (χ0n) is 15.8. The number of nitrogens with one attached hydrogen (secondary N) is 1. The molecular weight excluding hydrogens is 453 g/mol. The minimum absolute atomic E-state index is 0.00803. The average Bonchev–Trinajstić information content (AvgIpc) is 3.19. The van der Waals surface area contributed by atoms with Gasteiger partial charge in [-0.15, -0.1) is 0 Å². The monoisotopic (exact) mass is 471 g/mol. The van der Waals surface area contributed by atoms with Crippen LogP contribution in [-0.2, 0) is 14.8 Å². The number of anilines is 1. The lowest BCUT2D eigenvalue weighted by Gasteiger charge is -2.25. The topological polar surface area (TPSA) is 110 Å². The third-order valence-corrected chi connectivity index (χ3v) is 7.32. The van der Waals surface area contributed by atoms with Crippen LogP contribution in [0.25, 0.3) is 0 Å². The Bertz CT molecular complexity index is 1050. The highest BCUT2D eigenvalue weighted by molar-refractivity contribution is 7.93. The molecule has 1 aliphatic carbocycles. The van der Waals surface area contributed by atoms with Crippen LogP contribution in [0.2, 0.25) is 10.0 Å². The maximum absolute atomic E-state index is 13.4. The Hall–Kier alpha value is -2.36. The highest BCUT2D eigenvalue weighted by atomic mass is 35.5. The number of nitro groups is 1. The SMILES string of the molecule is O=C(CN(c1ccc(Cl)cc1)S(=O)(=O)c1cc([N+](=O)[O-])ccc1Cl)NC1CCCC1. The summed E-state index contributed by atoms with van der Waals surface area (Å²) in [5.41, 5.74) is -0.243. The van der Waals surface area contributed by atoms with Crippen molar-refractivity contribution < 1.29 is 18.1 Å². The summed E-state index contributed by atoms with van der Waals surface area (Å²) < 4.78 is 27.7. The predicted molar refractivity (Wildman–Crippen MR) is 114 cm³/mol. The number of nitrogens with zero attached hydrogens (tertiary/aromatic N) is 2. The standard InChI is InChI=1S/C19H19Cl2N3O5S/c20-13-5-7-15(8-6-13)23(12-19(25)22-14-3-1-2-4-14)30(28,29)18-11-16(24(26)27)9-10-17(18)21/h5-11,14H,1-4,12H2,(H,22,25). The second-order valence-corrected chi connectivity index (χ2v) is 9.58. The lowest BCUT2D eigenvalue weighted by atomic mass is 10.2. The molecule has 1 fully saturated rings. The van der Waals surface area contributed by atoms with Gasteiger partial charge in [0.05, 0.1) is 15.6 Å². The van der Waals surface area contributed by atoms with Gasteiger partial charge in [-0.3, -0.25) is 19.2 Å². The summed E-state index contributed by atoms with van der Waals surface area (Å²) in [5, 5.41) is 14.2. The molecule has 0 atom stereocenters. The number of rotatable bonds is 7. The molecular formula is C19H19Cl2N3O5S. The van der Waals surface area contributed by atoms with Crippen molar-refractivity contribution in [1.82, 2.24) is 5.32 Å². The summed E-state index contributed by atoms with van der Waals surface area (Å²) >= 11 is 12.0. The van der Waals surface area contributed by atoms with Crippen molar-refractivity contribution >= 4 is 50.5 Å². The smallest absolute Gasteiger partial charge is 0.270 e. The number of carbonyl (C=O) groups excluding carboxylic acids is 1. The largest absolute Gasteiger partial charge is 0.352 e. The molecule has 0 bridgehead atoms. The molecule has 1 N–H and O–H groups in total. The van der Waals surface area contributed by atoms with Crippen molar-refractivity contribution in [1.29, 1.82) is 0 Å². The van der Waals surface area contributed by atoms with Gasteiger partial charge in [0.15, 0.2) is 0 Å². The second-order valence-electron chi connectivity index (χ2n) is 6.91. The van der Waals surface area contributed by atoms with Gasteiger partial charge in [0.25, 0.3) is 15.7 Å². The fourth-order valence-electron chi connectivity index (χ4n) is 3.32. The van der Waals surface area contributed by atoms with Gasteiger partial charge in [-0.2, -0.15) is 0 Å². The Kier molecular flexibility index (Phi) is 6.84. The molecule has 1 amide bonds. The average molecular weight is 472 g/mol. The van der Waals surface area contributed by atoms with Crippen LogP contribution in [0.5, 0.6) is 0 Å². The minimum Gasteiger partial charge on any atom is -0.352 e. The van der Waals surface area contributed by atoms with E-state index in [9.17, 15) is 23.3 Å². The Morgan fingerprint density at radius 2 is 1.77 bits per heavy atom. The number of non-ortho nitro benzene ring substituents is 1. The van der Waals surface area contributed by atoms with E-state index in [1.54, 1.807) is 0 Å². The first kappa shape index (κ1) is 22.3. The van der Waals surface area contributed by atoms with E-state index >= 15 is 0 Å². The van der Waals surface area contributed by atoms with Gasteiger partial charge < -0.3 is 5.32 Å². The molecule has 3 rings (SSSR count). The maximum atomic E-state index is 13.4. The normalized spacial score (nSPS) is 14.5. The molecule has 0 unspecified atom stereocenters. The second kappa shape index (κ2) is 9.20. The van der Waals surface area contributed by atoms with Crippen LogP contribution in [0.1, 0.15) is 25.7 Å². The lowest BCUT2D eigenvalue weighted by Crippen LogP contribution is -2.43. The third kappa shape index (κ3) is 5.03. The summed E-state index contributed by atoms with van der Waals surface area (Å²) in [4.78, 5) is 22.5. The number of sulfonamides is 1. The Morgan fingerprint density at radius 3 is 2.37 bits per heavy atom. The van der Waals surface area contributed by atoms with Gasteiger partial charge in [0.1, 0.15) is 11.4 Å². The highest BCUT2D eigenvalue weighted by Crippen LogP contribution is 2.32. The van der Waals surface area contributed by atoms with Crippen LogP contribution in [0.3, 0.4) is 0 Å². The first-order valence-electron chi connectivity index (χ1n) is 9.20. The first-order chi connectivity index (χ1) is 14.2. The molecule has 160 valence electrons. The van der Waals surface area contributed by atoms with Crippen molar-refractivity contribution in [2.45, 2.75) is 36.6 Å². The Morgan fingerprint density at radius 1 is 1.13 bits per heavy atom. The van der Waals surface area contributed by atoms with E-state index in [2.05, 4.69) is 5.32 Å². The minimum atomic E-state index is -4.39. The molecule has 0 radical (unpaired) electrons.